The minimum Gasteiger partial charge on any atom is -0.493 e. The van der Waals surface area contributed by atoms with E-state index in [1.807, 2.05) is 18.2 Å². The minimum absolute atomic E-state index is 0.0767. The summed E-state index contributed by atoms with van der Waals surface area (Å²) in [6.45, 7) is 4.01. The normalized spacial score (nSPS) is 13.7. The molecule has 0 radical (unpaired) electrons. The molecular formula is C19H25N5O4. The molecule has 1 aromatic heterocycles. The first-order valence-electron chi connectivity index (χ1n) is 9.18. The predicted molar refractivity (Wildman–Crippen MR) is 105 cm³/mol. The van der Waals surface area contributed by atoms with E-state index in [2.05, 4.69) is 25.7 Å². The average molecular weight is 387 g/mol. The summed E-state index contributed by atoms with van der Waals surface area (Å²) in [5, 5.41) is 14.1. The highest BCUT2D eigenvalue weighted by Crippen LogP contribution is 2.25. The molecule has 9 heteroatoms. The number of aromatic nitrogens is 2. The molecule has 28 heavy (non-hydrogen) atoms. The molecule has 1 amide bonds. The van der Waals surface area contributed by atoms with Gasteiger partial charge in [-0.2, -0.15) is 5.10 Å². The van der Waals surface area contributed by atoms with Gasteiger partial charge in [0.05, 0.1) is 32.2 Å². The zero-order valence-corrected chi connectivity index (χ0v) is 15.9. The molecule has 1 saturated heterocycles. The summed E-state index contributed by atoms with van der Waals surface area (Å²) in [4.78, 5) is 14.1. The standard InChI is InChI=1S/C19H25N5O4/c1-26-16-4-2-3-5-17(16)28-14-19(25)21-7-6-20-18-12-15(13-22-23-18)24-8-10-27-11-9-24/h2-5,12-13H,6-11,14H2,1H3,(H,20,23)(H,21,25). The van der Waals surface area contributed by atoms with Gasteiger partial charge < -0.3 is 29.7 Å². The molecule has 2 heterocycles. The molecule has 2 aromatic rings. The Bertz CT molecular complexity index is 767. The molecule has 0 bridgehead atoms. The van der Waals surface area contributed by atoms with E-state index < -0.39 is 0 Å². The van der Waals surface area contributed by atoms with Gasteiger partial charge in [0.1, 0.15) is 0 Å². The van der Waals surface area contributed by atoms with E-state index in [1.165, 1.54) is 0 Å². The van der Waals surface area contributed by atoms with Crippen molar-refractivity contribution in [2.24, 2.45) is 0 Å². The van der Waals surface area contributed by atoms with Crippen LogP contribution in [0.1, 0.15) is 0 Å². The Hall–Kier alpha value is -3.07. The summed E-state index contributed by atoms with van der Waals surface area (Å²) in [5.41, 5.74) is 1.01. The summed E-state index contributed by atoms with van der Waals surface area (Å²) in [7, 11) is 1.56. The average Bonchev–Trinajstić information content (AvgIpc) is 2.76. The predicted octanol–water partition coefficient (Wildman–Crippen LogP) is 0.929. The molecule has 1 fully saturated rings. The number of para-hydroxylation sites is 2. The van der Waals surface area contributed by atoms with Crippen LogP contribution in [0.5, 0.6) is 11.5 Å². The number of nitrogens with zero attached hydrogens (tertiary/aromatic N) is 3. The number of amides is 1. The van der Waals surface area contributed by atoms with Gasteiger partial charge in [-0.1, -0.05) is 12.1 Å². The van der Waals surface area contributed by atoms with Crippen molar-refractivity contribution in [3.05, 3.63) is 36.5 Å². The summed E-state index contributed by atoms with van der Waals surface area (Å²) in [6.07, 6.45) is 1.74. The lowest BCUT2D eigenvalue weighted by atomic mass is 10.3. The number of methoxy groups -OCH3 is 1. The Labute approximate surface area is 164 Å². The summed E-state index contributed by atoms with van der Waals surface area (Å²) in [6, 6.07) is 9.15. The fraction of sp³-hybridized carbons (Fsp3) is 0.421. The third kappa shape index (κ3) is 5.71. The van der Waals surface area contributed by atoms with Crippen LogP contribution in [0.15, 0.2) is 36.5 Å². The molecule has 2 N–H and O–H groups in total. The fourth-order valence-corrected chi connectivity index (χ4v) is 2.76. The van der Waals surface area contributed by atoms with E-state index in [0.29, 0.717) is 43.6 Å². The highest BCUT2D eigenvalue weighted by atomic mass is 16.5. The van der Waals surface area contributed by atoms with Crippen LogP contribution < -0.4 is 25.0 Å². The first-order valence-corrected chi connectivity index (χ1v) is 9.18. The number of nitrogens with one attached hydrogen (secondary N) is 2. The first kappa shape index (κ1) is 19.7. The van der Waals surface area contributed by atoms with E-state index in [9.17, 15) is 4.79 Å². The molecule has 1 aromatic carbocycles. The number of anilines is 2. The number of benzene rings is 1. The molecule has 1 aliphatic rings. The number of ether oxygens (including phenoxy) is 3. The molecule has 0 unspecified atom stereocenters. The molecule has 1 aliphatic heterocycles. The maximum absolute atomic E-state index is 11.9. The van der Waals surface area contributed by atoms with Gasteiger partial charge in [0.25, 0.3) is 5.91 Å². The zero-order chi connectivity index (χ0) is 19.6. The lowest BCUT2D eigenvalue weighted by molar-refractivity contribution is -0.123. The molecule has 9 nitrogen and oxygen atoms in total. The quantitative estimate of drug-likeness (QED) is 0.614. The Morgan fingerprint density at radius 1 is 1.21 bits per heavy atom. The molecule has 0 saturated carbocycles. The minimum atomic E-state index is -0.208. The maximum atomic E-state index is 11.9. The molecule has 0 spiro atoms. The van der Waals surface area contributed by atoms with Gasteiger partial charge in [0, 0.05) is 32.2 Å². The zero-order valence-electron chi connectivity index (χ0n) is 15.9. The summed E-state index contributed by atoms with van der Waals surface area (Å²) >= 11 is 0. The smallest absolute Gasteiger partial charge is 0.258 e. The number of hydrogen-bond acceptors (Lipinski definition) is 8. The van der Waals surface area contributed by atoms with E-state index in [-0.39, 0.29) is 12.5 Å². The van der Waals surface area contributed by atoms with Crippen LogP contribution in [0.4, 0.5) is 11.5 Å². The van der Waals surface area contributed by atoms with Crippen molar-refractivity contribution in [2.75, 3.05) is 63.3 Å². The van der Waals surface area contributed by atoms with Crippen molar-refractivity contribution in [2.45, 2.75) is 0 Å². The van der Waals surface area contributed by atoms with Crippen LogP contribution in [-0.2, 0) is 9.53 Å². The maximum Gasteiger partial charge on any atom is 0.258 e. The van der Waals surface area contributed by atoms with Crippen LogP contribution in [0.2, 0.25) is 0 Å². The SMILES string of the molecule is COc1ccccc1OCC(=O)NCCNc1cc(N2CCOCC2)cnn1. The fourth-order valence-electron chi connectivity index (χ4n) is 2.76. The van der Waals surface area contributed by atoms with Gasteiger partial charge in [-0.15, -0.1) is 5.10 Å². The molecule has 0 atom stereocenters. The highest BCUT2D eigenvalue weighted by molar-refractivity contribution is 5.77. The van der Waals surface area contributed by atoms with Crippen LogP contribution in [-0.4, -0.2) is 69.2 Å². The van der Waals surface area contributed by atoms with E-state index in [0.717, 1.165) is 18.8 Å². The van der Waals surface area contributed by atoms with Crippen LogP contribution in [0, 0.1) is 0 Å². The third-order valence-corrected chi connectivity index (χ3v) is 4.20. The number of hydrogen-bond donors (Lipinski definition) is 2. The van der Waals surface area contributed by atoms with Crippen molar-refractivity contribution in [3.63, 3.8) is 0 Å². The van der Waals surface area contributed by atoms with Crippen LogP contribution >= 0.6 is 0 Å². The number of carbonyl (C=O) groups is 1. The van der Waals surface area contributed by atoms with Crippen molar-refractivity contribution < 1.29 is 19.0 Å². The lowest BCUT2D eigenvalue weighted by Crippen LogP contribution is -2.36. The van der Waals surface area contributed by atoms with Gasteiger partial charge >= 0.3 is 0 Å². The Kier molecular flexibility index (Phi) is 7.25. The monoisotopic (exact) mass is 387 g/mol. The van der Waals surface area contributed by atoms with E-state index in [4.69, 9.17) is 14.2 Å². The van der Waals surface area contributed by atoms with E-state index in [1.54, 1.807) is 25.4 Å². The van der Waals surface area contributed by atoms with Crippen molar-refractivity contribution >= 4 is 17.4 Å². The van der Waals surface area contributed by atoms with Gasteiger partial charge in [0.2, 0.25) is 0 Å². The largest absolute Gasteiger partial charge is 0.493 e. The Balaban J connectivity index is 1.37. The van der Waals surface area contributed by atoms with Crippen molar-refractivity contribution in [1.82, 2.24) is 15.5 Å². The second-order valence-corrected chi connectivity index (χ2v) is 6.11. The first-order chi connectivity index (χ1) is 13.8. The number of morpholine rings is 1. The molecule has 150 valence electrons. The van der Waals surface area contributed by atoms with Crippen LogP contribution in [0.25, 0.3) is 0 Å². The Morgan fingerprint density at radius 2 is 2.00 bits per heavy atom. The van der Waals surface area contributed by atoms with Gasteiger partial charge in [-0.25, -0.2) is 0 Å². The van der Waals surface area contributed by atoms with Crippen LogP contribution in [0.3, 0.4) is 0 Å². The third-order valence-electron chi connectivity index (χ3n) is 4.20. The topological polar surface area (TPSA) is 97.8 Å². The highest BCUT2D eigenvalue weighted by Gasteiger charge is 2.12. The Morgan fingerprint density at radius 3 is 2.79 bits per heavy atom. The van der Waals surface area contributed by atoms with Crippen molar-refractivity contribution in [1.29, 1.82) is 0 Å². The van der Waals surface area contributed by atoms with Crippen molar-refractivity contribution in [3.8, 4) is 11.5 Å². The second-order valence-electron chi connectivity index (χ2n) is 6.11. The van der Waals surface area contributed by atoms with Gasteiger partial charge in [-0.3, -0.25) is 4.79 Å². The molecule has 0 aliphatic carbocycles. The summed E-state index contributed by atoms with van der Waals surface area (Å²) < 4.78 is 16.0. The molecular weight excluding hydrogens is 362 g/mol. The number of carbonyl (C=O) groups excluding carboxylic acids is 1. The molecule has 3 rings (SSSR count). The van der Waals surface area contributed by atoms with Gasteiger partial charge in [-0.05, 0) is 12.1 Å². The van der Waals surface area contributed by atoms with E-state index >= 15 is 0 Å². The summed E-state index contributed by atoms with van der Waals surface area (Å²) in [5.74, 6) is 1.59. The lowest BCUT2D eigenvalue weighted by Gasteiger charge is -2.28. The number of rotatable bonds is 9. The van der Waals surface area contributed by atoms with Gasteiger partial charge in [0.15, 0.2) is 23.9 Å². The second kappa shape index (κ2) is 10.3.